The molecule has 0 atom stereocenters. The van der Waals surface area contributed by atoms with Gasteiger partial charge in [-0.15, -0.1) is 0 Å². The monoisotopic (exact) mass is 1740 g/mol. The van der Waals surface area contributed by atoms with E-state index in [0.29, 0.717) is 35.6 Å². The molecule has 0 spiro atoms. The Balaban J connectivity index is 0.000000166. The molecule has 20 rings (SSSR count). The summed E-state index contributed by atoms with van der Waals surface area (Å²) in [5, 5.41) is 17.6. The van der Waals surface area contributed by atoms with Gasteiger partial charge in [-0.25, -0.2) is 34.5 Å². The van der Waals surface area contributed by atoms with E-state index < -0.39 is 0 Å². The Bertz CT molecular complexity index is 6560. The molecule has 0 saturated heterocycles. The van der Waals surface area contributed by atoms with Crippen molar-refractivity contribution < 1.29 is 24.2 Å². The number of benzene rings is 7. The van der Waals surface area contributed by atoms with E-state index in [9.17, 15) is 0 Å². The van der Waals surface area contributed by atoms with Crippen molar-refractivity contribution in [2.45, 2.75) is 96.9 Å². The first-order valence-corrected chi connectivity index (χ1v) is 38.2. The first-order valence-electron chi connectivity index (χ1n) is 38.2. The summed E-state index contributed by atoms with van der Waals surface area (Å²) in [6, 6.07) is 69.3. The first-order chi connectivity index (χ1) is 56.6. The van der Waals surface area contributed by atoms with Crippen molar-refractivity contribution in [3.63, 3.8) is 0 Å². The zero-order chi connectivity index (χ0) is 81.5. The van der Waals surface area contributed by atoms with Gasteiger partial charge in [-0.2, -0.15) is 0 Å². The average molecular weight is 1740 g/mol. The second-order valence-electron chi connectivity index (χ2n) is 28.9. The van der Waals surface area contributed by atoms with Gasteiger partial charge in [0.2, 0.25) is 0 Å². The summed E-state index contributed by atoms with van der Waals surface area (Å²) in [6.07, 6.45) is 12.5. The number of ether oxygens (including phenoxy) is 1. The number of hydrogen-bond donors (Lipinski definition) is 0. The minimum atomic E-state index is 0. The Kier molecular flexibility index (Phi) is 32.8. The fraction of sp³-hybridized carbons (Fsp3) is 0.163. The van der Waals surface area contributed by atoms with Crippen molar-refractivity contribution in [1.29, 1.82) is 0 Å². The minimum Gasteiger partial charge on any atom is -0.497 e. The van der Waals surface area contributed by atoms with Gasteiger partial charge < -0.3 is 83.3 Å². The first kappa shape index (κ1) is 95.1. The standard InChI is InChI=1S/C16H12N5.C16H14N3.C15H15N4O.3C15H15N4.5Al.Zn/c1-11-5-4-6-12(9-11)13-10-17-16(18-13)21-19-14-7-2-3-8-15(14)20(19)21;1-11-7-12(2)9-13(8-11)15-10-18-16(19-15)14-5-3-4-6-17-14;1-10-7-11(2)19(18-10)15-16-9-14(17-15)12-5-4-6-13(8-12)20-3;1-10-4-6-13(7-5-10)14-9-16-15(17-14)19-12(3)8-11(2)18-19;2*1-10-5-4-6-13(7-10)14-9-16-15(17-14)19-12(3)8-11(2)18-19;;;;;;/h2-10H,1H3;3-10H,1-2H3;4-9H,1-3H3;3*4-9H,1-3H3;;;;;;/q6*-1;5*+3;+2. The molecule has 25 nitrogen and oxygen atoms in total. The molecule has 0 unspecified atom stereocenters. The molecule has 0 amide bonds. The normalized spacial score (nSPS) is 10.5. The summed E-state index contributed by atoms with van der Waals surface area (Å²) in [7, 11) is 1.65. The van der Waals surface area contributed by atoms with E-state index in [4.69, 9.17) is 4.74 Å². The summed E-state index contributed by atoms with van der Waals surface area (Å²) in [6.45, 7) is 28.3. The molecule has 20 aromatic rings. The maximum absolute atomic E-state index is 5.22. The van der Waals surface area contributed by atoms with E-state index in [-0.39, 0.29) is 106 Å². The number of hydrogen-bond acceptors (Lipinski definition) is 12. The van der Waals surface area contributed by atoms with Crippen LogP contribution in [-0.2, 0) is 19.5 Å². The Morgan fingerprint density at radius 1 is 0.268 bits per heavy atom. The van der Waals surface area contributed by atoms with Gasteiger partial charge in [-0.1, -0.05) is 185 Å². The number of aromatic nitrogens is 24. The molecule has 0 aliphatic carbocycles. The third kappa shape index (κ3) is 22.6. The molecule has 0 aliphatic rings. The predicted molar refractivity (Wildman–Crippen MR) is 484 cm³/mol. The Labute approximate surface area is 780 Å². The van der Waals surface area contributed by atoms with Crippen LogP contribution < -0.4 is 34.6 Å². The average Bonchev–Trinajstić information content (AvgIpc) is 1.51. The second-order valence-corrected chi connectivity index (χ2v) is 28.9. The van der Waals surface area contributed by atoms with Crippen LogP contribution in [-0.4, -0.2) is 182 Å². The van der Waals surface area contributed by atoms with E-state index >= 15 is 0 Å². The topological polar surface area (TPSA) is 269 Å². The van der Waals surface area contributed by atoms with Crippen molar-refractivity contribution in [3.8, 4) is 115 Å². The smallest absolute Gasteiger partial charge is 0.497 e. The summed E-state index contributed by atoms with van der Waals surface area (Å²) >= 11 is 0. The van der Waals surface area contributed by atoms with Gasteiger partial charge in [0, 0.05) is 81.2 Å². The van der Waals surface area contributed by atoms with Crippen molar-refractivity contribution in [1.82, 2.24) is 118 Å². The van der Waals surface area contributed by atoms with Gasteiger partial charge in [0.05, 0.1) is 29.8 Å². The fourth-order valence-corrected chi connectivity index (χ4v) is 13.5. The molecule has 13 aromatic heterocycles. The van der Waals surface area contributed by atoms with Crippen LogP contribution >= 0.6 is 0 Å². The molecule has 0 bridgehead atoms. The molecular weight excluding hydrogens is 1660 g/mol. The Morgan fingerprint density at radius 2 is 0.602 bits per heavy atom. The van der Waals surface area contributed by atoms with Gasteiger partial charge in [-0.3, -0.25) is 4.98 Å². The van der Waals surface area contributed by atoms with Crippen LogP contribution in [0.5, 0.6) is 5.75 Å². The predicted octanol–water partition coefficient (Wildman–Crippen LogP) is 15.2. The Morgan fingerprint density at radius 3 is 0.959 bits per heavy atom. The van der Waals surface area contributed by atoms with Crippen LogP contribution in [0.4, 0.5) is 0 Å². The maximum Gasteiger partial charge on any atom is 3.00 e. The minimum absolute atomic E-state index is 0. The molecule has 123 heavy (non-hydrogen) atoms. The molecular formula is C92H86Al5N24OZn+11. The van der Waals surface area contributed by atoms with E-state index in [1.807, 2.05) is 176 Å². The molecule has 0 radical (unpaired) electrons. The number of pyridine rings is 1. The van der Waals surface area contributed by atoms with Crippen LogP contribution in [0.2, 0.25) is 0 Å². The Hall–Kier alpha value is -11.7. The number of para-hydroxylation sites is 2. The number of methoxy groups -OCH3 is 1. The maximum atomic E-state index is 5.22. The van der Waals surface area contributed by atoms with Gasteiger partial charge in [0.1, 0.15) is 5.75 Å². The number of rotatable bonds is 13. The number of fused-ring (bicyclic) bond motifs is 4. The van der Waals surface area contributed by atoms with Gasteiger partial charge >= 0.3 is 106 Å². The van der Waals surface area contributed by atoms with Gasteiger partial charge in [0.25, 0.3) is 0 Å². The largest absolute Gasteiger partial charge is 3.00 e. The molecule has 31 heteroatoms. The van der Waals surface area contributed by atoms with Gasteiger partial charge in [-0.05, 0) is 256 Å². The fourth-order valence-electron chi connectivity index (χ4n) is 13.5. The van der Waals surface area contributed by atoms with Crippen molar-refractivity contribution in [2.24, 2.45) is 0 Å². The van der Waals surface area contributed by atoms with E-state index in [1.54, 1.807) is 63.0 Å². The van der Waals surface area contributed by atoms with Gasteiger partial charge in [0.15, 0.2) is 0 Å². The molecule has 586 valence electrons. The quantitative estimate of drug-likeness (QED) is 0.0970. The summed E-state index contributed by atoms with van der Waals surface area (Å²) in [5.41, 5.74) is 30.2. The molecule has 0 saturated carbocycles. The molecule has 0 aliphatic heterocycles. The summed E-state index contributed by atoms with van der Waals surface area (Å²) in [4.78, 5) is 59.8. The molecule has 0 N–H and O–H groups in total. The zero-order valence-electron chi connectivity index (χ0n) is 71.4. The zero-order valence-corrected chi connectivity index (χ0v) is 80.1. The van der Waals surface area contributed by atoms with Crippen LogP contribution in [0.1, 0.15) is 78.9 Å². The SMILES string of the molecule is COc1cccc(-c2c[n-]c(-n3nc(C)cc3C)n2)c1.Cc1cc(C)cc(-c2c[n-]c(-c3ccccn3)n2)c1.Cc1ccc(-c2c[n-]c(-n3nc(C)cc3C)n2)cc1.Cc1cccc(-c2c[n-]c(-n3n4c5ccccc5n34)n2)c1.Cc1cccc(-c2c[n-]c(-n3nc(C)cc3C)n2)c1.Cc1cccc(-c2c[n-]c(-n3nc(C)cc3C)n2)c1.[Al+3].[Al+3].[Al+3].[Al+3].[Al+3].[Zn+2]. The third-order valence-corrected chi connectivity index (χ3v) is 19.0. The van der Waals surface area contributed by atoms with E-state index in [0.717, 1.165) is 125 Å². The number of aryl methyl sites for hydroxylation is 14. The van der Waals surface area contributed by atoms with Crippen molar-refractivity contribution in [2.75, 3.05) is 7.11 Å². The molecule has 0 fully saturated rings. The van der Waals surface area contributed by atoms with Crippen LogP contribution in [0.3, 0.4) is 0 Å². The van der Waals surface area contributed by atoms with Crippen molar-refractivity contribution >= 4 is 97.8 Å². The summed E-state index contributed by atoms with van der Waals surface area (Å²) < 4.78 is 16.4. The van der Waals surface area contributed by atoms with Crippen LogP contribution in [0, 0.1) is 96.9 Å². The van der Waals surface area contributed by atoms with Crippen LogP contribution in [0.15, 0.2) is 250 Å². The van der Waals surface area contributed by atoms with Crippen molar-refractivity contribution in [3.05, 3.63) is 329 Å². The number of nitrogens with zero attached hydrogens (tertiary/aromatic N) is 24. The third-order valence-electron chi connectivity index (χ3n) is 19.0. The molecule has 7 aromatic carbocycles. The summed E-state index contributed by atoms with van der Waals surface area (Å²) in [5.74, 6) is 4.66. The molecule has 13 heterocycles. The van der Waals surface area contributed by atoms with Crippen LogP contribution in [0.25, 0.3) is 120 Å². The number of imidazole rings is 6. The van der Waals surface area contributed by atoms with E-state index in [2.05, 4.69) is 233 Å². The van der Waals surface area contributed by atoms with E-state index in [1.165, 1.54) is 44.4 Å². The second kappa shape index (κ2) is 42.4.